The van der Waals surface area contributed by atoms with Crippen LogP contribution in [-0.2, 0) is 11.3 Å². The van der Waals surface area contributed by atoms with Gasteiger partial charge >= 0.3 is 0 Å². The summed E-state index contributed by atoms with van der Waals surface area (Å²) in [7, 11) is 0. The number of hydrogen-bond donors (Lipinski definition) is 1. The van der Waals surface area contributed by atoms with Crippen LogP contribution in [0.5, 0.6) is 0 Å². The molecule has 0 atom stereocenters. The van der Waals surface area contributed by atoms with Gasteiger partial charge in [0.2, 0.25) is 5.91 Å². The molecule has 0 saturated carbocycles. The molecule has 0 spiro atoms. The van der Waals surface area contributed by atoms with Crippen LogP contribution in [-0.4, -0.2) is 53.4 Å². The Labute approximate surface area is 144 Å². The minimum absolute atomic E-state index is 0.0494. The van der Waals surface area contributed by atoms with E-state index in [0.717, 1.165) is 32.7 Å². The number of halogens is 1. The highest BCUT2D eigenvalue weighted by Crippen LogP contribution is 2.17. The third-order valence-corrected chi connectivity index (χ3v) is 4.99. The molecule has 2 aromatic heterocycles. The highest BCUT2D eigenvalue weighted by Gasteiger charge is 2.19. The van der Waals surface area contributed by atoms with E-state index in [9.17, 15) is 4.79 Å². The molecule has 1 fully saturated rings. The number of aromatic nitrogens is 1. The van der Waals surface area contributed by atoms with Gasteiger partial charge in [0.05, 0.1) is 12.2 Å². The Morgan fingerprint density at radius 1 is 1.22 bits per heavy atom. The lowest BCUT2D eigenvalue weighted by Crippen LogP contribution is -2.48. The van der Waals surface area contributed by atoms with Gasteiger partial charge in [-0.25, -0.2) is 4.98 Å². The maximum absolute atomic E-state index is 12.1. The molecular weight excluding hydrogens is 332 g/mol. The second-order valence-electron chi connectivity index (χ2n) is 5.52. The number of carbonyl (C=O) groups excluding carboxylic acids is 1. The van der Waals surface area contributed by atoms with Crippen LogP contribution in [0.1, 0.15) is 4.88 Å². The first-order valence-corrected chi connectivity index (χ1v) is 8.84. The SMILES string of the molecule is O=C(CN1CCN(Cc2cccs2)CC1)Nc1cccnc1Cl. The number of carbonyl (C=O) groups is 1. The number of piperazine rings is 1. The lowest BCUT2D eigenvalue weighted by atomic mass is 10.3. The fourth-order valence-electron chi connectivity index (χ4n) is 2.60. The van der Waals surface area contributed by atoms with Crippen molar-refractivity contribution in [1.29, 1.82) is 0 Å². The van der Waals surface area contributed by atoms with Crippen molar-refractivity contribution in [2.45, 2.75) is 6.54 Å². The Hall–Kier alpha value is -1.47. The first kappa shape index (κ1) is 16.4. The van der Waals surface area contributed by atoms with Crippen molar-refractivity contribution in [3.63, 3.8) is 0 Å². The average molecular weight is 351 g/mol. The van der Waals surface area contributed by atoms with E-state index in [4.69, 9.17) is 11.6 Å². The highest BCUT2D eigenvalue weighted by molar-refractivity contribution is 7.09. The number of amides is 1. The van der Waals surface area contributed by atoms with E-state index in [-0.39, 0.29) is 5.91 Å². The van der Waals surface area contributed by atoms with Crippen molar-refractivity contribution in [2.75, 3.05) is 38.0 Å². The molecule has 7 heteroatoms. The van der Waals surface area contributed by atoms with Crippen LogP contribution in [0.15, 0.2) is 35.8 Å². The summed E-state index contributed by atoms with van der Waals surface area (Å²) in [6.45, 7) is 5.16. The smallest absolute Gasteiger partial charge is 0.238 e. The quantitative estimate of drug-likeness (QED) is 0.842. The third kappa shape index (κ3) is 4.75. The first-order chi connectivity index (χ1) is 11.2. The summed E-state index contributed by atoms with van der Waals surface area (Å²) >= 11 is 7.75. The van der Waals surface area contributed by atoms with E-state index in [2.05, 4.69) is 37.6 Å². The number of hydrogen-bond acceptors (Lipinski definition) is 5. The van der Waals surface area contributed by atoms with Gasteiger partial charge in [0.1, 0.15) is 0 Å². The second-order valence-corrected chi connectivity index (χ2v) is 6.91. The van der Waals surface area contributed by atoms with E-state index < -0.39 is 0 Å². The fourth-order valence-corrected chi connectivity index (χ4v) is 3.51. The standard InChI is InChI=1S/C16H19ClN4OS/c17-16-14(4-1-5-18-16)19-15(22)12-21-8-6-20(7-9-21)11-13-3-2-10-23-13/h1-5,10H,6-9,11-12H2,(H,19,22). The van der Waals surface area contributed by atoms with Crippen LogP contribution in [0.2, 0.25) is 5.15 Å². The van der Waals surface area contributed by atoms with Gasteiger partial charge in [-0.3, -0.25) is 14.6 Å². The number of anilines is 1. The molecule has 3 rings (SSSR count). The zero-order valence-electron chi connectivity index (χ0n) is 12.7. The number of pyridine rings is 1. The number of thiophene rings is 1. The van der Waals surface area contributed by atoms with Crippen molar-refractivity contribution in [3.05, 3.63) is 45.9 Å². The van der Waals surface area contributed by atoms with Crippen molar-refractivity contribution in [1.82, 2.24) is 14.8 Å². The van der Waals surface area contributed by atoms with Gasteiger partial charge in [-0.1, -0.05) is 17.7 Å². The second kappa shape index (κ2) is 7.88. The largest absolute Gasteiger partial charge is 0.322 e. The molecule has 0 radical (unpaired) electrons. The summed E-state index contributed by atoms with van der Waals surface area (Å²) in [5.41, 5.74) is 0.565. The summed E-state index contributed by atoms with van der Waals surface area (Å²) in [5.74, 6) is -0.0494. The lowest BCUT2D eigenvalue weighted by molar-refractivity contribution is -0.117. The van der Waals surface area contributed by atoms with Crippen LogP contribution < -0.4 is 5.32 Å². The number of rotatable bonds is 5. The summed E-state index contributed by atoms with van der Waals surface area (Å²) in [6, 6.07) is 7.77. The van der Waals surface area contributed by atoms with E-state index in [1.807, 2.05) is 0 Å². The van der Waals surface area contributed by atoms with E-state index in [1.165, 1.54) is 4.88 Å². The molecule has 122 valence electrons. The van der Waals surface area contributed by atoms with Crippen LogP contribution in [0, 0.1) is 0 Å². The van der Waals surface area contributed by atoms with Gasteiger partial charge in [0.25, 0.3) is 0 Å². The van der Waals surface area contributed by atoms with Crippen LogP contribution >= 0.6 is 22.9 Å². The zero-order chi connectivity index (χ0) is 16.1. The van der Waals surface area contributed by atoms with Crippen molar-refractivity contribution in [3.8, 4) is 0 Å². The molecule has 0 aromatic carbocycles. The Balaban J connectivity index is 1.43. The van der Waals surface area contributed by atoms with Crippen molar-refractivity contribution >= 4 is 34.5 Å². The van der Waals surface area contributed by atoms with E-state index in [0.29, 0.717) is 17.4 Å². The first-order valence-electron chi connectivity index (χ1n) is 7.58. The predicted molar refractivity (Wildman–Crippen MR) is 93.9 cm³/mol. The molecule has 0 unspecified atom stereocenters. The molecule has 1 saturated heterocycles. The Morgan fingerprint density at radius 2 is 2.00 bits per heavy atom. The Bertz CT molecular complexity index is 641. The summed E-state index contributed by atoms with van der Waals surface area (Å²) in [5, 5.41) is 5.25. The van der Waals surface area contributed by atoms with Gasteiger partial charge in [0.15, 0.2) is 5.15 Å². The molecule has 1 N–H and O–H groups in total. The molecule has 3 heterocycles. The maximum atomic E-state index is 12.1. The maximum Gasteiger partial charge on any atom is 0.238 e. The van der Waals surface area contributed by atoms with Crippen LogP contribution in [0.25, 0.3) is 0 Å². The molecule has 0 bridgehead atoms. The molecule has 1 aliphatic heterocycles. The van der Waals surface area contributed by atoms with Gasteiger partial charge < -0.3 is 5.32 Å². The topological polar surface area (TPSA) is 48.5 Å². The monoisotopic (exact) mass is 350 g/mol. The number of nitrogens with zero attached hydrogens (tertiary/aromatic N) is 3. The summed E-state index contributed by atoms with van der Waals surface area (Å²) in [4.78, 5) is 22.1. The fraction of sp³-hybridized carbons (Fsp3) is 0.375. The Kier molecular flexibility index (Phi) is 5.61. The summed E-state index contributed by atoms with van der Waals surface area (Å²) in [6.07, 6.45) is 1.60. The number of nitrogens with one attached hydrogen (secondary N) is 1. The van der Waals surface area contributed by atoms with Crippen LogP contribution in [0.3, 0.4) is 0 Å². The molecule has 1 amide bonds. The molecule has 2 aromatic rings. The van der Waals surface area contributed by atoms with E-state index >= 15 is 0 Å². The Morgan fingerprint density at radius 3 is 2.70 bits per heavy atom. The molecular formula is C16H19ClN4OS. The average Bonchev–Trinajstić information content (AvgIpc) is 3.04. The minimum Gasteiger partial charge on any atom is -0.322 e. The highest BCUT2D eigenvalue weighted by atomic mass is 35.5. The molecule has 5 nitrogen and oxygen atoms in total. The predicted octanol–water partition coefficient (Wildman–Crippen LogP) is 2.55. The zero-order valence-corrected chi connectivity index (χ0v) is 14.3. The molecule has 0 aliphatic carbocycles. The van der Waals surface area contributed by atoms with Gasteiger partial charge in [0, 0.05) is 43.8 Å². The normalized spacial score (nSPS) is 16.4. The minimum atomic E-state index is -0.0494. The van der Waals surface area contributed by atoms with Gasteiger partial charge in [-0.05, 0) is 23.6 Å². The lowest BCUT2D eigenvalue weighted by Gasteiger charge is -2.34. The van der Waals surface area contributed by atoms with Crippen molar-refractivity contribution < 1.29 is 4.79 Å². The summed E-state index contributed by atoms with van der Waals surface area (Å²) < 4.78 is 0. The van der Waals surface area contributed by atoms with Gasteiger partial charge in [-0.2, -0.15) is 0 Å². The molecule has 23 heavy (non-hydrogen) atoms. The molecule has 1 aliphatic rings. The van der Waals surface area contributed by atoms with Crippen molar-refractivity contribution in [2.24, 2.45) is 0 Å². The van der Waals surface area contributed by atoms with E-state index in [1.54, 1.807) is 29.7 Å². The third-order valence-electron chi connectivity index (χ3n) is 3.82. The van der Waals surface area contributed by atoms with Crippen LogP contribution in [0.4, 0.5) is 5.69 Å². The van der Waals surface area contributed by atoms with Gasteiger partial charge in [-0.15, -0.1) is 11.3 Å².